The summed E-state index contributed by atoms with van der Waals surface area (Å²) in [5.74, 6) is -3.14. The Morgan fingerprint density at radius 3 is 2.41 bits per heavy atom. The maximum absolute atomic E-state index is 15.7. The molecule has 0 radical (unpaired) electrons. The van der Waals surface area contributed by atoms with E-state index >= 15 is 8.78 Å². The lowest BCUT2D eigenvalue weighted by Gasteiger charge is -2.47. The Bertz CT molecular complexity index is 1530. The van der Waals surface area contributed by atoms with Gasteiger partial charge in [-0.1, -0.05) is 13.5 Å². The summed E-state index contributed by atoms with van der Waals surface area (Å²) in [4.78, 5) is 27.6. The molecule has 14 heteroatoms. The maximum atomic E-state index is 15.7. The van der Waals surface area contributed by atoms with E-state index in [2.05, 4.69) is 34.1 Å². The Kier molecular flexibility index (Phi) is 9.13. The quantitative estimate of drug-likeness (QED) is 0.257. The van der Waals surface area contributed by atoms with E-state index in [0.717, 1.165) is 12.5 Å². The van der Waals surface area contributed by atoms with Crippen LogP contribution in [0, 0.1) is 17.6 Å². The number of benzene rings is 1. The number of anilines is 2. The van der Waals surface area contributed by atoms with Gasteiger partial charge < -0.3 is 39.2 Å². The lowest BCUT2D eigenvalue weighted by Crippen LogP contribution is -2.57. The number of ether oxygens (including phenoxy) is 5. The van der Waals surface area contributed by atoms with Crippen molar-refractivity contribution in [1.82, 2.24) is 20.3 Å². The largest absolute Gasteiger partial charge is 0.494 e. The summed E-state index contributed by atoms with van der Waals surface area (Å²) >= 11 is 0. The molecule has 2 aliphatic heterocycles. The fraction of sp³-hybridized carbons (Fsp3) is 0.467. The summed E-state index contributed by atoms with van der Waals surface area (Å²) in [6.07, 6.45) is 3.98. The predicted octanol–water partition coefficient (Wildman–Crippen LogP) is 3.65. The highest BCUT2D eigenvalue weighted by Crippen LogP contribution is 2.42. The first-order chi connectivity index (χ1) is 21.2. The van der Waals surface area contributed by atoms with Crippen LogP contribution in [0.4, 0.5) is 20.4 Å². The second-order valence-corrected chi connectivity index (χ2v) is 10.7. The molecule has 2 aromatic heterocycles. The van der Waals surface area contributed by atoms with Crippen LogP contribution in [0.25, 0.3) is 22.3 Å². The predicted molar refractivity (Wildman–Crippen MR) is 159 cm³/mol. The van der Waals surface area contributed by atoms with E-state index in [9.17, 15) is 4.79 Å². The van der Waals surface area contributed by atoms with Crippen molar-refractivity contribution in [2.75, 3.05) is 58.4 Å². The summed E-state index contributed by atoms with van der Waals surface area (Å²) in [5, 5.41) is 6.70. The second kappa shape index (κ2) is 12.8. The lowest BCUT2D eigenvalue weighted by molar-refractivity contribution is -0.224. The highest BCUT2D eigenvalue weighted by atomic mass is 19.1. The molecule has 44 heavy (non-hydrogen) atoms. The molecule has 1 amide bonds. The minimum absolute atomic E-state index is 0.229. The van der Waals surface area contributed by atoms with Crippen molar-refractivity contribution in [1.29, 1.82) is 0 Å². The molecule has 5 rings (SSSR count). The van der Waals surface area contributed by atoms with Gasteiger partial charge in [0, 0.05) is 38.6 Å². The van der Waals surface area contributed by atoms with Crippen LogP contribution < -0.4 is 25.0 Å². The zero-order chi connectivity index (χ0) is 31.6. The van der Waals surface area contributed by atoms with Crippen LogP contribution in [0.2, 0.25) is 0 Å². The molecule has 12 nitrogen and oxygen atoms in total. The molecule has 0 aliphatic carbocycles. The van der Waals surface area contributed by atoms with Gasteiger partial charge in [-0.05, 0) is 24.5 Å². The molecule has 0 saturated carbocycles. The Morgan fingerprint density at radius 2 is 1.77 bits per heavy atom. The second-order valence-electron chi connectivity index (χ2n) is 10.7. The third kappa shape index (κ3) is 5.72. The van der Waals surface area contributed by atoms with Gasteiger partial charge in [0.2, 0.25) is 5.91 Å². The summed E-state index contributed by atoms with van der Waals surface area (Å²) in [7, 11) is 5.62. The van der Waals surface area contributed by atoms with Crippen molar-refractivity contribution in [3.63, 3.8) is 0 Å². The van der Waals surface area contributed by atoms with Crippen LogP contribution in [0.15, 0.2) is 31.0 Å². The van der Waals surface area contributed by atoms with Gasteiger partial charge in [-0.2, -0.15) is 0 Å². The van der Waals surface area contributed by atoms with Crippen molar-refractivity contribution in [2.24, 2.45) is 5.92 Å². The van der Waals surface area contributed by atoms with Crippen LogP contribution in [-0.4, -0.2) is 87.1 Å². The summed E-state index contributed by atoms with van der Waals surface area (Å²) in [6, 6.07) is 2.27. The molecule has 236 valence electrons. The van der Waals surface area contributed by atoms with Crippen molar-refractivity contribution < 1.29 is 37.3 Å². The molecule has 2 aliphatic rings. The third-order valence-corrected chi connectivity index (χ3v) is 8.04. The molecule has 3 aromatic rings. The number of halogens is 2. The molecule has 1 aromatic carbocycles. The van der Waals surface area contributed by atoms with Gasteiger partial charge in [-0.15, -0.1) is 0 Å². The fourth-order valence-corrected chi connectivity index (χ4v) is 5.67. The Balaban J connectivity index is 1.68. The molecule has 0 spiro atoms. The highest BCUT2D eigenvalue weighted by Gasteiger charge is 2.44. The first-order valence-electron chi connectivity index (χ1n) is 14.1. The Hall–Kier alpha value is -4.14. The Labute approximate surface area is 253 Å². The zero-order valence-electron chi connectivity index (χ0n) is 25.3. The smallest absolute Gasteiger partial charge is 0.252 e. The van der Waals surface area contributed by atoms with Crippen molar-refractivity contribution in [3.05, 3.63) is 42.6 Å². The van der Waals surface area contributed by atoms with E-state index in [-0.39, 0.29) is 41.2 Å². The van der Waals surface area contributed by atoms with E-state index < -0.39 is 23.1 Å². The number of carbonyl (C=O) groups excluding carboxylic acids is 1. The molecular formula is C30H36F2N6O6. The van der Waals surface area contributed by atoms with Crippen LogP contribution in [0.3, 0.4) is 0 Å². The summed E-state index contributed by atoms with van der Waals surface area (Å²) < 4.78 is 59.1. The molecule has 0 bridgehead atoms. The number of aromatic nitrogens is 3. The number of nitrogens with zero attached hydrogens (tertiary/aromatic N) is 4. The molecule has 4 heterocycles. The number of hydrogen-bond acceptors (Lipinski definition) is 11. The van der Waals surface area contributed by atoms with E-state index in [1.807, 2.05) is 4.90 Å². The zero-order valence-corrected chi connectivity index (χ0v) is 25.3. The van der Waals surface area contributed by atoms with E-state index in [4.69, 9.17) is 28.7 Å². The molecular weight excluding hydrogens is 578 g/mol. The topological polar surface area (TPSA) is 129 Å². The number of hydrogen-bond donors (Lipinski definition) is 2. The number of carbonyl (C=O) groups is 1. The lowest BCUT2D eigenvalue weighted by atomic mass is 9.95. The number of nitrogens with one attached hydrogen (secondary N) is 2. The minimum Gasteiger partial charge on any atom is -0.494 e. The maximum Gasteiger partial charge on any atom is 0.252 e. The number of methoxy groups -OCH3 is 4. The number of fused-ring (bicyclic) bond motifs is 1. The van der Waals surface area contributed by atoms with Gasteiger partial charge in [0.1, 0.15) is 11.6 Å². The average molecular weight is 615 g/mol. The van der Waals surface area contributed by atoms with Crippen molar-refractivity contribution in [3.8, 4) is 22.9 Å². The number of rotatable bonds is 10. The van der Waals surface area contributed by atoms with Gasteiger partial charge in [0.05, 0.1) is 56.8 Å². The molecule has 1 unspecified atom stereocenters. The SMILES string of the molecule is C=CC(=O)N[C@H]1COC[C@H]1Nc1cc2c(N3CCC(C)CC3(OC)OC)nc(-c3c(F)c(OC)cc(OC)c3F)nc2cn1. The normalized spacial score (nSPS) is 21.2. The van der Waals surface area contributed by atoms with Crippen molar-refractivity contribution in [2.45, 2.75) is 37.8 Å². The molecule has 2 N–H and O–H groups in total. The summed E-state index contributed by atoms with van der Waals surface area (Å²) in [6.45, 7) is 6.72. The van der Waals surface area contributed by atoms with Crippen LogP contribution in [-0.2, 0) is 19.0 Å². The van der Waals surface area contributed by atoms with E-state index in [0.29, 0.717) is 48.7 Å². The molecule has 2 saturated heterocycles. The van der Waals surface area contributed by atoms with E-state index in [1.54, 1.807) is 6.07 Å². The van der Waals surface area contributed by atoms with Crippen molar-refractivity contribution >= 4 is 28.4 Å². The number of piperidine rings is 1. The monoisotopic (exact) mass is 614 g/mol. The fourth-order valence-electron chi connectivity index (χ4n) is 5.67. The van der Waals surface area contributed by atoms with Gasteiger partial charge in [-0.3, -0.25) is 4.79 Å². The Morgan fingerprint density at radius 1 is 1.09 bits per heavy atom. The van der Waals surface area contributed by atoms with E-state index in [1.165, 1.54) is 40.7 Å². The van der Waals surface area contributed by atoms with Gasteiger partial charge in [0.25, 0.3) is 5.91 Å². The third-order valence-electron chi connectivity index (χ3n) is 8.04. The van der Waals surface area contributed by atoms with Gasteiger partial charge in [-0.25, -0.2) is 23.7 Å². The highest BCUT2D eigenvalue weighted by molar-refractivity contribution is 5.93. The number of pyridine rings is 1. The molecule has 2 fully saturated rings. The first kappa shape index (κ1) is 31.3. The first-order valence-corrected chi connectivity index (χ1v) is 14.1. The van der Waals surface area contributed by atoms with Crippen LogP contribution >= 0.6 is 0 Å². The van der Waals surface area contributed by atoms with Crippen LogP contribution in [0.5, 0.6) is 11.5 Å². The van der Waals surface area contributed by atoms with Gasteiger partial charge in [0.15, 0.2) is 29.0 Å². The van der Waals surface area contributed by atoms with Gasteiger partial charge >= 0.3 is 0 Å². The number of amides is 1. The average Bonchev–Trinajstić information content (AvgIpc) is 3.46. The standard InChI is InChI=1S/C30H36F2N6O6/c1-7-24(39)35-20-15-44-14-19(20)34-23-10-17-18(13-33-23)36-28(25-26(31)21(40-3)11-22(41-4)27(25)32)37-29(17)38-9-8-16(2)12-30(38,42-5)43-6/h7,10-11,13,16,19-20H,1,8-9,12,14-15H2,2-6H3,(H,33,34)(H,35,39)/t16?,19-,20+/m1/s1. The van der Waals surface area contributed by atoms with Crippen LogP contribution in [0.1, 0.15) is 19.8 Å². The minimum atomic E-state index is -1.21. The molecule has 3 atom stereocenters. The summed E-state index contributed by atoms with van der Waals surface area (Å²) in [5.41, 5.74) is -0.198.